The fraction of sp³-hybridized carbons (Fsp3) is 0.900. The smallest absolute Gasteiger partial charge is 0.216 e. The van der Waals surface area contributed by atoms with Crippen LogP contribution in [0.5, 0.6) is 0 Å². The van der Waals surface area contributed by atoms with Gasteiger partial charge in [0.15, 0.2) is 0 Å². The molecule has 5 heteroatoms. The van der Waals surface area contributed by atoms with Gasteiger partial charge in [0.2, 0.25) is 6.04 Å². The second kappa shape index (κ2) is 5.21. The topological polar surface area (TPSA) is 80.4 Å². The summed E-state index contributed by atoms with van der Waals surface area (Å²) < 4.78 is 0. The van der Waals surface area contributed by atoms with Crippen LogP contribution in [0.2, 0.25) is 0 Å². The summed E-state index contributed by atoms with van der Waals surface area (Å²) in [5, 5.41) is 19.9. The van der Waals surface area contributed by atoms with Gasteiger partial charge < -0.3 is 5.11 Å². The van der Waals surface area contributed by atoms with Crippen LogP contribution in [0, 0.1) is 22.0 Å². The first-order chi connectivity index (χ1) is 7.11. The third kappa shape index (κ3) is 2.53. The highest BCUT2D eigenvalue weighted by atomic mass is 16.6. The first-order valence-electron chi connectivity index (χ1n) is 5.38. The Balaban J connectivity index is 2.80. The number of hydrogen-bond donors (Lipinski definition) is 1. The quantitative estimate of drug-likeness (QED) is 0.560. The monoisotopic (exact) mass is 215 g/mol. The molecule has 1 rings (SSSR count). The Morgan fingerprint density at radius 1 is 1.67 bits per heavy atom. The predicted octanol–water partition coefficient (Wildman–Crippen LogP) is 1.02. The van der Waals surface area contributed by atoms with Gasteiger partial charge in [-0.15, -0.1) is 0 Å². The number of carbonyl (C=O) groups is 1. The zero-order chi connectivity index (χ0) is 11.4. The molecule has 15 heavy (non-hydrogen) atoms. The molecule has 0 radical (unpaired) electrons. The van der Waals surface area contributed by atoms with E-state index in [0.717, 1.165) is 0 Å². The van der Waals surface area contributed by atoms with E-state index in [0.29, 0.717) is 25.7 Å². The Bertz CT molecular complexity index is 248. The summed E-state index contributed by atoms with van der Waals surface area (Å²) in [6, 6.07) is -0.689. The van der Waals surface area contributed by atoms with Crippen molar-refractivity contribution in [2.24, 2.45) is 11.8 Å². The van der Waals surface area contributed by atoms with Gasteiger partial charge in [-0.3, -0.25) is 14.9 Å². The molecule has 0 aromatic heterocycles. The van der Waals surface area contributed by atoms with Crippen LogP contribution in [0.4, 0.5) is 0 Å². The number of aliphatic hydroxyl groups is 1. The van der Waals surface area contributed by atoms with Crippen LogP contribution in [0.25, 0.3) is 0 Å². The van der Waals surface area contributed by atoms with Crippen molar-refractivity contribution in [2.45, 2.75) is 38.6 Å². The molecule has 1 aliphatic rings. The van der Waals surface area contributed by atoms with Crippen LogP contribution in [-0.4, -0.2) is 28.5 Å². The van der Waals surface area contributed by atoms with Gasteiger partial charge in [0.05, 0.1) is 12.5 Å². The molecule has 0 amide bonds. The molecule has 1 aliphatic carbocycles. The van der Waals surface area contributed by atoms with E-state index in [4.69, 9.17) is 5.11 Å². The normalized spacial score (nSPS) is 28.8. The van der Waals surface area contributed by atoms with Gasteiger partial charge in [-0.25, -0.2) is 0 Å². The largest absolute Gasteiger partial charge is 0.396 e. The molecule has 0 aromatic rings. The lowest BCUT2D eigenvalue weighted by Crippen LogP contribution is -2.41. The van der Waals surface area contributed by atoms with Crippen LogP contribution < -0.4 is 0 Å². The van der Waals surface area contributed by atoms with Crippen molar-refractivity contribution in [2.75, 3.05) is 6.61 Å². The van der Waals surface area contributed by atoms with E-state index in [1.54, 1.807) is 6.92 Å². The van der Waals surface area contributed by atoms with Crippen molar-refractivity contribution in [1.29, 1.82) is 0 Å². The molecule has 0 saturated heterocycles. The molecule has 86 valence electrons. The van der Waals surface area contributed by atoms with E-state index in [1.165, 1.54) is 0 Å². The van der Waals surface area contributed by atoms with E-state index < -0.39 is 12.0 Å². The van der Waals surface area contributed by atoms with Gasteiger partial charge in [0, 0.05) is 23.7 Å². The molecular formula is C10H17NO4. The predicted molar refractivity (Wildman–Crippen MR) is 54.0 cm³/mol. The third-order valence-corrected chi connectivity index (χ3v) is 3.27. The van der Waals surface area contributed by atoms with Crippen molar-refractivity contribution >= 4 is 5.78 Å². The highest BCUT2D eigenvalue weighted by Crippen LogP contribution is 2.32. The molecular weight excluding hydrogens is 198 g/mol. The molecule has 0 aliphatic heterocycles. The summed E-state index contributed by atoms with van der Waals surface area (Å²) in [6.07, 6.45) is 2.26. The summed E-state index contributed by atoms with van der Waals surface area (Å²) in [4.78, 5) is 22.0. The summed E-state index contributed by atoms with van der Waals surface area (Å²) in [5.41, 5.74) is 0. The van der Waals surface area contributed by atoms with Gasteiger partial charge >= 0.3 is 0 Å². The van der Waals surface area contributed by atoms with E-state index in [2.05, 4.69) is 0 Å². The lowest BCUT2D eigenvalue weighted by atomic mass is 9.74. The minimum atomic E-state index is -0.689. The summed E-state index contributed by atoms with van der Waals surface area (Å²) >= 11 is 0. The lowest BCUT2D eigenvalue weighted by molar-refractivity contribution is -0.534. The van der Waals surface area contributed by atoms with Crippen molar-refractivity contribution in [3.8, 4) is 0 Å². The van der Waals surface area contributed by atoms with E-state index >= 15 is 0 Å². The van der Waals surface area contributed by atoms with Crippen LogP contribution in [0.15, 0.2) is 0 Å². The van der Waals surface area contributed by atoms with Crippen LogP contribution >= 0.6 is 0 Å². The average molecular weight is 215 g/mol. The molecule has 0 spiro atoms. The number of Topliss-reactive ketones (excluding diaryl/α,β-unsaturated/α-hetero) is 1. The molecule has 1 saturated carbocycles. The molecule has 5 nitrogen and oxygen atoms in total. The fourth-order valence-corrected chi connectivity index (χ4v) is 2.44. The number of nitro groups is 1. The summed E-state index contributed by atoms with van der Waals surface area (Å²) in [6.45, 7) is 1.49. The van der Waals surface area contributed by atoms with E-state index in [-0.39, 0.29) is 23.2 Å². The highest BCUT2D eigenvalue weighted by molar-refractivity contribution is 5.82. The fourth-order valence-electron chi connectivity index (χ4n) is 2.44. The Hall–Kier alpha value is -0.970. The second-order valence-electron chi connectivity index (χ2n) is 4.07. The standard InChI is InChI=1S/C10H17NO4/c1-2-9(11(14)15)7-4-3-5-10(13)8(7)6-12/h7-9,12H,2-6H2,1H3/t7-,8-,9+/m1/s1. The van der Waals surface area contributed by atoms with Gasteiger partial charge in [-0.1, -0.05) is 6.92 Å². The molecule has 0 bridgehead atoms. The van der Waals surface area contributed by atoms with E-state index in [9.17, 15) is 14.9 Å². The van der Waals surface area contributed by atoms with Gasteiger partial charge in [-0.05, 0) is 12.8 Å². The zero-order valence-electron chi connectivity index (χ0n) is 8.89. The third-order valence-electron chi connectivity index (χ3n) is 3.27. The van der Waals surface area contributed by atoms with Gasteiger partial charge in [0.1, 0.15) is 5.78 Å². The Morgan fingerprint density at radius 2 is 2.33 bits per heavy atom. The number of rotatable bonds is 4. The highest BCUT2D eigenvalue weighted by Gasteiger charge is 2.41. The molecule has 0 aromatic carbocycles. The maximum atomic E-state index is 11.5. The van der Waals surface area contributed by atoms with Gasteiger partial charge in [-0.2, -0.15) is 0 Å². The summed E-state index contributed by atoms with van der Waals surface area (Å²) in [7, 11) is 0. The number of nitrogens with zero attached hydrogens (tertiary/aromatic N) is 1. The number of carbonyl (C=O) groups excluding carboxylic acids is 1. The lowest BCUT2D eigenvalue weighted by Gasteiger charge is -2.30. The van der Waals surface area contributed by atoms with Crippen LogP contribution in [0.1, 0.15) is 32.6 Å². The number of aliphatic hydroxyl groups excluding tert-OH is 1. The molecule has 1 fully saturated rings. The summed E-state index contributed by atoms with van der Waals surface area (Å²) in [5.74, 6) is -0.820. The minimum absolute atomic E-state index is 0.0194. The van der Waals surface area contributed by atoms with Crippen LogP contribution in [0.3, 0.4) is 0 Å². The maximum absolute atomic E-state index is 11.5. The molecule has 0 unspecified atom stereocenters. The van der Waals surface area contributed by atoms with Crippen molar-refractivity contribution in [3.05, 3.63) is 10.1 Å². The zero-order valence-corrected chi connectivity index (χ0v) is 8.89. The van der Waals surface area contributed by atoms with Gasteiger partial charge in [0.25, 0.3) is 0 Å². The minimum Gasteiger partial charge on any atom is -0.396 e. The first-order valence-corrected chi connectivity index (χ1v) is 5.38. The Morgan fingerprint density at radius 3 is 2.80 bits per heavy atom. The second-order valence-corrected chi connectivity index (χ2v) is 4.07. The van der Waals surface area contributed by atoms with Crippen molar-refractivity contribution < 1.29 is 14.8 Å². The van der Waals surface area contributed by atoms with E-state index in [1.807, 2.05) is 0 Å². The maximum Gasteiger partial charge on any atom is 0.216 e. The molecule has 0 heterocycles. The number of hydrogen-bond acceptors (Lipinski definition) is 4. The number of ketones is 1. The van der Waals surface area contributed by atoms with Crippen molar-refractivity contribution in [3.63, 3.8) is 0 Å². The molecule has 1 N–H and O–H groups in total. The van der Waals surface area contributed by atoms with Crippen molar-refractivity contribution in [1.82, 2.24) is 0 Å². The Kier molecular flexibility index (Phi) is 4.20. The SMILES string of the molecule is CC[C@@H]([C@@H]1CCCC(=O)[C@@H]1CO)[N+](=O)[O-]. The average Bonchev–Trinajstić information content (AvgIpc) is 2.18. The molecule has 3 atom stereocenters. The first kappa shape index (κ1) is 12.1. The van der Waals surface area contributed by atoms with Crippen LogP contribution in [-0.2, 0) is 4.79 Å². The Labute approximate surface area is 88.6 Å².